The second kappa shape index (κ2) is 4.14. The van der Waals surface area contributed by atoms with E-state index in [4.69, 9.17) is 0 Å². The van der Waals surface area contributed by atoms with Crippen LogP contribution in [0.4, 0.5) is 0 Å². The first kappa shape index (κ1) is 10.8. The summed E-state index contributed by atoms with van der Waals surface area (Å²) in [7, 11) is 0. The standard InChI is InChI=1S/C12H17N3O2/c16-11-5-9(14-12(17)15-11)6-13-10-4-7-1-2-8(10)3-7/h5,7-8,10,13H,1-4,6H2,(H2,14,15,16,17)/t7-,8+,10+/m0/s1. The topological polar surface area (TPSA) is 77.8 Å². The summed E-state index contributed by atoms with van der Waals surface area (Å²) in [5.41, 5.74) is -0.0951. The number of hydrogen-bond acceptors (Lipinski definition) is 3. The summed E-state index contributed by atoms with van der Waals surface area (Å²) in [5, 5.41) is 3.46. The summed E-state index contributed by atoms with van der Waals surface area (Å²) in [6.45, 7) is 0.576. The van der Waals surface area contributed by atoms with E-state index in [-0.39, 0.29) is 5.56 Å². The molecule has 2 aliphatic carbocycles. The number of rotatable bonds is 3. The van der Waals surface area contributed by atoms with Crippen molar-refractivity contribution in [2.75, 3.05) is 0 Å². The van der Waals surface area contributed by atoms with E-state index < -0.39 is 5.69 Å². The molecule has 1 aromatic heterocycles. The molecule has 17 heavy (non-hydrogen) atoms. The molecule has 2 saturated carbocycles. The number of hydrogen-bond donors (Lipinski definition) is 3. The highest BCUT2D eigenvalue weighted by Gasteiger charge is 2.38. The molecule has 2 bridgehead atoms. The van der Waals surface area contributed by atoms with E-state index in [1.165, 1.54) is 31.7 Å². The Hall–Kier alpha value is -1.36. The Balaban J connectivity index is 1.64. The van der Waals surface area contributed by atoms with Gasteiger partial charge >= 0.3 is 5.69 Å². The molecule has 3 N–H and O–H groups in total. The Morgan fingerprint density at radius 3 is 2.76 bits per heavy atom. The largest absolute Gasteiger partial charge is 0.325 e. The van der Waals surface area contributed by atoms with Gasteiger partial charge in [0.1, 0.15) is 0 Å². The monoisotopic (exact) mass is 235 g/mol. The van der Waals surface area contributed by atoms with Crippen LogP contribution in [0.3, 0.4) is 0 Å². The molecule has 1 aromatic rings. The number of nitrogens with one attached hydrogen (secondary N) is 3. The Morgan fingerprint density at radius 1 is 1.24 bits per heavy atom. The van der Waals surface area contributed by atoms with Gasteiger partial charge in [0, 0.05) is 24.3 Å². The lowest BCUT2D eigenvalue weighted by Gasteiger charge is -2.22. The van der Waals surface area contributed by atoms with E-state index in [0.29, 0.717) is 18.3 Å². The van der Waals surface area contributed by atoms with Crippen molar-refractivity contribution < 1.29 is 0 Å². The summed E-state index contributed by atoms with van der Waals surface area (Å²) >= 11 is 0. The first-order chi connectivity index (χ1) is 8.20. The van der Waals surface area contributed by atoms with Gasteiger partial charge in [0.2, 0.25) is 0 Å². The maximum absolute atomic E-state index is 11.1. The Labute approximate surface area is 98.7 Å². The molecule has 0 unspecified atom stereocenters. The third-order valence-electron chi connectivity index (χ3n) is 4.11. The molecule has 0 amide bonds. The van der Waals surface area contributed by atoms with Crippen LogP contribution >= 0.6 is 0 Å². The maximum Gasteiger partial charge on any atom is 0.325 e. The zero-order valence-electron chi connectivity index (χ0n) is 9.66. The quantitative estimate of drug-likeness (QED) is 0.707. The van der Waals surface area contributed by atoms with E-state index in [1.807, 2.05) is 0 Å². The average Bonchev–Trinajstić information content (AvgIpc) is 2.86. The van der Waals surface area contributed by atoms with Crippen LogP contribution in [0.1, 0.15) is 31.4 Å². The van der Waals surface area contributed by atoms with E-state index in [9.17, 15) is 9.59 Å². The predicted octanol–water partition coefficient (Wildman–Crippen LogP) is 0.341. The molecule has 2 aliphatic rings. The van der Waals surface area contributed by atoms with Gasteiger partial charge in [0.25, 0.3) is 5.56 Å². The molecule has 5 heteroatoms. The van der Waals surface area contributed by atoms with Crippen LogP contribution in [0.5, 0.6) is 0 Å². The Bertz CT molecular complexity index is 491. The highest BCUT2D eigenvalue weighted by molar-refractivity contribution is 5.00. The third kappa shape index (κ3) is 2.20. The molecule has 0 aromatic carbocycles. The Kier molecular flexibility index (Phi) is 2.63. The number of H-pyrrole nitrogens is 2. The van der Waals surface area contributed by atoms with Crippen LogP contribution < -0.4 is 16.6 Å². The predicted molar refractivity (Wildman–Crippen MR) is 63.8 cm³/mol. The summed E-state index contributed by atoms with van der Waals surface area (Å²) in [4.78, 5) is 27.0. The molecule has 2 fully saturated rings. The molecule has 0 spiro atoms. The molecule has 0 aliphatic heterocycles. The molecule has 92 valence electrons. The minimum Gasteiger partial charge on any atom is -0.310 e. The van der Waals surface area contributed by atoms with Crippen molar-refractivity contribution >= 4 is 0 Å². The summed E-state index contributed by atoms with van der Waals surface area (Å²) in [5.74, 6) is 1.70. The Morgan fingerprint density at radius 2 is 2.12 bits per heavy atom. The molecule has 3 atom stereocenters. The van der Waals surface area contributed by atoms with Crippen molar-refractivity contribution in [3.05, 3.63) is 32.6 Å². The average molecular weight is 235 g/mol. The van der Waals surface area contributed by atoms with Gasteiger partial charge in [-0.05, 0) is 31.1 Å². The lowest BCUT2D eigenvalue weighted by atomic mass is 9.95. The van der Waals surface area contributed by atoms with Gasteiger partial charge in [0.15, 0.2) is 0 Å². The van der Waals surface area contributed by atoms with Gasteiger partial charge in [0.05, 0.1) is 0 Å². The minimum atomic E-state index is -0.428. The van der Waals surface area contributed by atoms with Gasteiger partial charge in [-0.2, -0.15) is 0 Å². The molecule has 1 heterocycles. The molecule has 0 radical (unpaired) electrons. The zero-order valence-corrected chi connectivity index (χ0v) is 9.66. The second-order valence-electron chi connectivity index (χ2n) is 5.28. The number of aromatic amines is 2. The first-order valence-corrected chi connectivity index (χ1v) is 6.26. The highest BCUT2D eigenvalue weighted by atomic mass is 16.2. The van der Waals surface area contributed by atoms with Crippen molar-refractivity contribution in [1.29, 1.82) is 0 Å². The summed E-state index contributed by atoms with van der Waals surface area (Å²) < 4.78 is 0. The van der Waals surface area contributed by atoms with Crippen molar-refractivity contribution in [3.8, 4) is 0 Å². The number of aromatic nitrogens is 2. The first-order valence-electron chi connectivity index (χ1n) is 6.26. The molecule has 5 nitrogen and oxygen atoms in total. The van der Waals surface area contributed by atoms with Crippen molar-refractivity contribution in [3.63, 3.8) is 0 Å². The van der Waals surface area contributed by atoms with Crippen LogP contribution in [0, 0.1) is 11.8 Å². The lowest BCUT2D eigenvalue weighted by molar-refractivity contribution is 0.349. The zero-order chi connectivity index (χ0) is 11.8. The maximum atomic E-state index is 11.1. The van der Waals surface area contributed by atoms with Gasteiger partial charge in [-0.1, -0.05) is 6.42 Å². The van der Waals surface area contributed by atoms with Crippen LogP contribution in [-0.2, 0) is 6.54 Å². The smallest absolute Gasteiger partial charge is 0.310 e. The van der Waals surface area contributed by atoms with Crippen LogP contribution in [0.25, 0.3) is 0 Å². The molecule has 3 rings (SSSR count). The van der Waals surface area contributed by atoms with Gasteiger partial charge in [-0.15, -0.1) is 0 Å². The van der Waals surface area contributed by atoms with Gasteiger partial charge in [-0.25, -0.2) is 4.79 Å². The normalized spacial score (nSPS) is 30.9. The van der Waals surface area contributed by atoms with Crippen LogP contribution in [0.15, 0.2) is 15.7 Å². The molecule has 0 saturated heterocycles. The fourth-order valence-corrected chi connectivity index (χ4v) is 3.35. The van der Waals surface area contributed by atoms with E-state index >= 15 is 0 Å². The SMILES string of the molecule is O=c1cc(CN[C@@H]2C[C@H]3CC[C@@H]2C3)[nH]c(=O)[nH]1. The van der Waals surface area contributed by atoms with Gasteiger partial charge in [-0.3, -0.25) is 9.78 Å². The van der Waals surface area contributed by atoms with Crippen LogP contribution in [-0.4, -0.2) is 16.0 Å². The van der Waals surface area contributed by atoms with Crippen molar-refractivity contribution in [2.24, 2.45) is 11.8 Å². The second-order valence-corrected chi connectivity index (χ2v) is 5.28. The fourth-order valence-electron chi connectivity index (χ4n) is 3.35. The third-order valence-corrected chi connectivity index (χ3v) is 4.11. The number of fused-ring (bicyclic) bond motifs is 2. The minimum absolute atomic E-state index is 0.335. The van der Waals surface area contributed by atoms with Crippen molar-refractivity contribution in [2.45, 2.75) is 38.3 Å². The highest BCUT2D eigenvalue weighted by Crippen LogP contribution is 2.44. The van der Waals surface area contributed by atoms with Crippen molar-refractivity contribution in [1.82, 2.24) is 15.3 Å². The van der Waals surface area contributed by atoms with E-state index in [0.717, 1.165) is 11.8 Å². The van der Waals surface area contributed by atoms with Gasteiger partial charge < -0.3 is 10.3 Å². The fraction of sp³-hybridized carbons (Fsp3) is 0.667. The van der Waals surface area contributed by atoms with Crippen LogP contribution in [0.2, 0.25) is 0 Å². The summed E-state index contributed by atoms with van der Waals surface area (Å²) in [6.07, 6.45) is 5.31. The van der Waals surface area contributed by atoms with E-state index in [2.05, 4.69) is 15.3 Å². The lowest BCUT2D eigenvalue weighted by Crippen LogP contribution is -2.35. The van der Waals surface area contributed by atoms with E-state index in [1.54, 1.807) is 0 Å². The molecular formula is C12H17N3O2. The molecular weight excluding hydrogens is 218 g/mol. The summed E-state index contributed by atoms with van der Waals surface area (Å²) in [6, 6.07) is 2.01.